The fourth-order valence-electron chi connectivity index (χ4n) is 2.87. The van der Waals surface area contributed by atoms with Gasteiger partial charge in [-0.15, -0.1) is 0 Å². The zero-order valence-corrected chi connectivity index (χ0v) is 18.8. The van der Waals surface area contributed by atoms with Crippen LogP contribution < -0.4 is 0 Å². The highest BCUT2D eigenvalue weighted by molar-refractivity contribution is 7.45. The summed E-state index contributed by atoms with van der Waals surface area (Å²) in [5, 5.41) is 0. The highest BCUT2D eigenvalue weighted by Gasteiger charge is 2.02. The Hall–Kier alpha value is -0.420. The van der Waals surface area contributed by atoms with Crippen molar-refractivity contribution in [3.8, 4) is 0 Å². The molecule has 0 aromatic carbocycles. The molecule has 0 aromatic heterocycles. The van der Waals surface area contributed by atoms with Crippen LogP contribution in [0.15, 0.2) is 0 Å². The number of unbranched alkanes of at least 4 members (excludes halogenated alkanes) is 14. The number of rotatable bonds is 16. The number of amides is 1. The first-order valence-corrected chi connectivity index (χ1v) is 12.2. The van der Waals surface area contributed by atoms with E-state index in [1.165, 1.54) is 89.9 Å². The van der Waals surface area contributed by atoms with E-state index < -0.39 is 7.82 Å². The molecule has 0 rings (SSSR count). The van der Waals surface area contributed by atoms with Gasteiger partial charge in [-0.05, 0) is 6.42 Å². The van der Waals surface area contributed by atoms with Gasteiger partial charge in [0.2, 0.25) is 5.91 Å². The lowest BCUT2D eigenvalue weighted by molar-refractivity contribution is -0.128. The van der Waals surface area contributed by atoms with Crippen LogP contribution in [0.3, 0.4) is 0 Å². The van der Waals surface area contributed by atoms with E-state index in [1.807, 2.05) is 14.1 Å². The van der Waals surface area contributed by atoms with Crippen molar-refractivity contribution in [1.82, 2.24) is 4.90 Å². The zero-order valence-electron chi connectivity index (χ0n) is 17.9. The minimum absolute atomic E-state index is 0.273. The highest BCUT2D eigenvalue weighted by atomic mass is 31.2. The maximum atomic E-state index is 11.4. The lowest BCUT2D eigenvalue weighted by Crippen LogP contribution is -2.20. The summed E-state index contributed by atoms with van der Waals surface area (Å²) in [4.78, 5) is 34.7. The van der Waals surface area contributed by atoms with Crippen molar-refractivity contribution < 1.29 is 24.0 Å². The van der Waals surface area contributed by atoms with Gasteiger partial charge in [0.25, 0.3) is 0 Å². The van der Waals surface area contributed by atoms with Crippen molar-refractivity contribution in [2.24, 2.45) is 0 Å². The molecular formula is C20H44NO5P. The van der Waals surface area contributed by atoms with Crippen LogP contribution in [0.5, 0.6) is 0 Å². The lowest BCUT2D eigenvalue weighted by Gasteiger charge is -2.09. The van der Waals surface area contributed by atoms with Crippen LogP contribution in [0.25, 0.3) is 0 Å². The first kappa shape index (κ1) is 28.8. The molecule has 164 valence electrons. The number of hydrogen-bond acceptors (Lipinski definition) is 2. The SMILES string of the molecule is CCCCCCCCCCCCCCCCCC(=O)N(C)C.O=P(O)(O)O. The third-order valence-corrected chi connectivity index (χ3v) is 4.49. The van der Waals surface area contributed by atoms with Gasteiger partial charge < -0.3 is 19.6 Å². The Morgan fingerprint density at radius 3 is 1.19 bits per heavy atom. The van der Waals surface area contributed by atoms with Crippen LogP contribution in [0.4, 0.5) is 0 Å². The maximum absolute atomic E-state index is 11.4. The molecule has 1 amide bonds. The molecule has 0 saturated heterocycles. The molecule has 0 aliphatic carbocycles. The lowest BCUT2D eigenvalue weighted by atomic mass is 10.0. The first-order valence-electron chi connectivity index (χ1n) is 10.7. The second-order valence-corrected chi connectivity index (χ2v) is 8.53. The van der Waals surface area contributed by atoms with E-state index in [-0.39, 0.29) is 5.91 Å². The van der Waals surface area contributed by atoms with Crippen molar-refractivity contribution in [1.29, 1.82) is 0 Å². The highest BCUT2D eigenvalue weighted by Crippen LogP contribution is 2.25. The van der Waals surface area contributed by atoms with E-state index in [9.17, 15) is 4.79 Å². The molecular weight excluding hydrogens is 365 g/mol. The summed E-state index contributed by atoms with van der Waals surface area (Å²) < 4.78 is 8.88. The molecule has 0 atom stereocenters. The molecule has 0 aliphatic rings. The number of carbonyl (C=O) groups excluding carboxylic acids is 1. The van der Waals surface area contributed by atoms with E-state index in [2.05, 4.69) is 6.92 Å². The minimum Gasteiger partial charge on any atom is -0.349 e. The summed E-state index contributed by atoms with van der Waals surface area (Å²) in [6.07, 6.45) is 21.3. The van der Waals surface area contributed by atoms with Crippen LogP contribution in [-0.4, -0.2) is 39.6 Å². The van der Waals surface area contributed by atoms with E-state index in [0.29, 0.717) is 0 Å². The van der Waals surface area contributed by atoms with Crippen LogP contribution in [0.2, 0.25) is 0 Å². The van der Waals surface area contributed by atoms with Crippen molar-refractivity contribution in [3.05, 3.63) is 0 Å². The van der Waals surface area contributed by atoms with E-state index in [0.717, 1.165) is 12.8 Å². The largest absolute Gasteiger partial charge is 0.466 e. The summed E-state index contributed by atoms with van der Waals surface area (Å²) in [6.45, 7) is 2.28. The summed E-state index contributed by atoms with van der Waals surface area (Å²) >= 11 is 0. The van der Waals surface area contributed by atoms with Crippen LogP contribution in [0.1, 0.15) is 110 Å². The Kier molecular flexibility index (Phi) is 21.7. The summed E-state index contributed by atoms with van der Waals surface area (Å²) in [5.74, 6) is 0.273. The molecule has 6 nitrogen and oxygen atoms in total. The fourth-order valence-corrected chi connectivity index (χ4v) is 2.87. The zero-order chi connectivity index (χ0) is 21.0. The van der Waals surface area contributed by atoms with Crippen molar-refractivity contribution in [2.45, 2.75) is 110 Å². The minimum atomic E-state index is -4.64. The number of phosphoric acid groups is 1. The van der Waals surface area contributed by atoms with Gasteiger partial charge in [0, 0.05) is 20.5 Å². The molecule has 0 fully saturated rings. The van der Waals surface area contributed by atoms with Gasteiger partial charge in [-0.25, -0.2) is 4.57 Å². The topological polar surface area (TPSA) is 98.1 Å². The molecule has 27 heavy (non-hydrogen) atoms. The van der Waals surface area contributed by atoms with E-state index >= 15 is 0 Å². The summed E-state index contributed by atoms with van der Waals surface area (Å²) in [7, 11) is -0.957. The molecule has 0 spiro atoms. The Bertz CT molecular complexity index is 363. The molecule has 0 bridgehead atoms. The van der Waals surface area contributed by atoms with Gasteiger partial charge in [0.05, 0.1) is 0 Å². The normalized spacial score (nSPS) is 11.0. The molecule has 0 aromatic rings. The average Bonchev–Trinajstić information content (AvgIpc) is 2.56. The maximum Gasteiger partial charge on any atom is 0.466 e. The van der Waals surface area contributed by atoms with Gasteiger partial charge in [-0.2, -0.15) is 0 Å². The molecule has 0 saturated carbocycles. The second-order valence-electron chi connectivity index (χ2n) is 7.50. The van der Waals surface area contributed by atoms with Gasteiger partial charge in [-0.1, -0.05) is 96.8 Å². The molecule has 7 heteroatoms. The predicted octanol–water partition coefficient (Wildman–Crippen LogP) is 5.41. The van der Waals surface area contributed by atoms with Crippen LogP contribution in [0, 0.1) is 0 Å². The number of nitrogens with zero attached hydrogens (tertiary/aromatic N) is 1. The Labute approximate surface area is 167 Å². The molecule has 3 N–H and O–H groups in total. The standard InChI is InChI=1S/C20H41NO.H3O4P/c1-4-5-6-7-8-9-10-11-12-13-14-15-16-17-18-19-20(22)21(2)3;1-5(2,3)4/h4-19H2,1-3H3;(H3,1,2,3,4). The molecule has 0 radical (unpaired) electrons. The van der Waals surface area contributed by atoms with Crippen molar-refractivity contribution in [3.63, 3.8) is 0 Å². The smallest absolute Gasteiger partial charge is 0.349 e. The van der Waals surface area contributed by atoms with Gasteiger partial charge in [0.1, 0.15) is 0 Å². The van der Waals surface area contributed by atoms with Crippen molar-refractivity contribution in [2.75, 3.05) is 14.1 Å². The Morgan fingerprint density at radius 2 is 0.926 bits per heavy atom. The molecule has 0 heterocycles. The monoisotopic (exact) mass is 409 g/mol. The third kappa shape index (κ3) is 33.6. The Balaban J connectivity index is 0. The molecule has 0 unspecified atom stereocenters. The van der Waals surface area contributed by atoms with E-state index in [1.54, 1.807) is 4.90 Å². The fraction of sp³-hybridized carbons (Fsp3) is 0.950. The quantitative estimate of drug-likeness (QED) is 0.234. The van der Waals surface area contributed by atoms with Gasteiger partial charge in [-0.3, -0.25) is 4.79 Å². The summed E-state index contributed by atoms with van der Waals surface area (Å²) in [5.41, 5.74) is 0. The molecule has 0 aliphatic heterocycles. The van der Waals surface area contributed by atoms with Crippen molar-refractivity contribution >= 4 is 13.7 Å². The van der Waals surface area contributed by atoms with E-state index in [4.69, 9.17) is 19.2 Å². The number of carbonyl (C=O) groups is 1. The first-order chi connectivity index (χ1) is 12.7. The third-order valence-electron chi connectivity index (χ3n) is 4.49. The van der Waals surface area contributed by atoms with Crippen LogP contribution >= 0.6 is 7.82 Å². The Morgan fingerprint density at radius 1 is 0.667 bits per heavy atom. The second kappa shape index (κ2) is 20.3. The predicted molar refractivity (Wildman–Crippen MR) is 113 cm³/mol. The summed E-state index contributed by atoms with van der Waals surface area (Å²) in [6, 6.07) is 0. The average molecular weight is 410 g/mol. The van der Waals surface area contributed by atoms with Gasteiger partial charge >= 0.3 is 7.82 Å². The van der Waals surface area contributed by atoms with Crippen LogP contribution in [-0.2, 0) is 9.36 Å². The number of hydrogen-bond donors (Lipinski definition) is 3. The van der Waals surface area contributed by atoms with Gasteiger partial charge in [0.15, 0.2) is 0 Å².